The highest BCUT2D eigenvalue weighted by Crippen LogP contribution is 2.33. The van der Waals surface area contributed by atoms with Crippen LogP contribution < -0.4 is 4.74 Å². The van der Waals surface area contributed by atoms with Gasteiger partial charge in [0.1, 0.15) is 15.8 Å². The molecule has 0 fully saturated rings. The molecule has 5 heteroatoms. The minimum Gasteiger partial charge on any atom is -0.473 e. The number of hydrogen-bond donors (Lipinski definition) is 0. The maximum absolute atomic E-state index is 9.02. The lowest BCUT2D eigenvalue weighted by Gasteiger charge is -2.05. The van der Waals surface area contributed by atoms with Crippen LogP contribution in [0.15, 0.2) is 4.21 Å². The van der Waals surface area contributed by atoms with Gasteiger partial charge in [0.2, 0.25) is 5.88 Å². The minimum absolute atomic E-state index is 0.0585. The van der Waals surface area contributed by atoms with Gasteiger partial charge < -0.3 is 4.74 Å². The van der Waals surface area contributed by atoms with Crippen molar-refractivity contribution >= 4 is 23.3 Å². The van der Waals surface area contributed by atoms with E-state index in [2.05, 4.69) is 17.4 Å². The Hall–Kier alpha value is -0.730. The standard InChI is InChI=1S/C10H14N2OS2/c1-4-5-14-10-8(6-11)9(12-15-10)13-7(2)3/h7H,4-5H2,1-3H3. The van der Waals surface area contributed by atoms with Crippen LogP contribution in [0.5, 0.6) is 5.88 Å². The van der Waals surface area contributed by atoms with Crippen LogP contribution in [0, 0.1) is 11.3 Å². The van der Waals surface area contributed by atoms with Gasteiger partial charge in [-0.1, -0.05) is 6.92 Å². The molecule has 1 aromatic rings. The van der Waals surface area contributed by atoms with Crippen LogP contribution in [0.2, 0.25) is 0 Å². The minimum atomic E-state index is 0.0585. The Balaban J connectivity index is 2.81. The zero-order valence-electron chi connectivity index (χ0n) is 9.11. The maximum atomic E-state index is 9.02. The molecule has 0 spiro atoms. The zero-order chi connectivity index (χ0) is 11.3. The summed E-state index contributed by atoms with van der Waals surface area (Å²) in [6.07, 6.45) is 1.15. The molecule has 0 amide bonds. The summed E-state index contributed by atoms with van der Waals surface area (Å²) < 4.78 is 10.6. The first kappa shape index (κ1) is 12.3. The number of thioether (sulfide) groups is 1. The van der Waals surface area contributed by atoms with Crippen molar-refractivity contribution in [1.29, 1.82) is 5.26 Å². The van der Waals surface area contributed by atoms with Crippen molar-refractivity contribution in [3.05, 3.63) is 5.56 Å². The van der Waals surface area contributed by atoms with Crippen LogP contribution >= 0.6 is 23.3 Å². The van der Waals surface area contributed by atoms with Crippen molar-refractivity contribution in [2.45, 2.75) is 37.5 Å². The van der Waals surface area contributed by atoms with Gasteiger partial charge in [0.25, 0.3) is 0 Å². The van der Waals surface area contributed by atoms with Crippen molar-refractivity contribution in [3.8, 4) is 11.9 Å². The van der Waals surface area contributed by atoms with Crippen LogP contribution in [0.1, 0.15) is 32.8 Å². The molecule has 82 valence electrons. The number of rotatable bonds is 5. The van der Waals surface area contributed by atoms with Crippen molar-refractivity contribution in [2.24, 2.45) is 0 Å². The molecule has 0 bridgehead atoms. The molecule has 0 saturated heterocycles. The average molecular weight is 242 g/mol. The normalized spacial score (nSPS) is 10.3. The third-order valence-electron chi connectivity index (χ3n) is 1.53. The highest BCUT2D eigenvalue weighted by atomic mass is 32.2. The first-order chi connectivity index (χ1) is 7.19. The molecule has 0 unspecified atom stereocenters. The zero-order valence-corrected chi connectivity index (χ0v) is 10.7. The average Bonchev–Trinajstić information content (AvgIpc) is 2.56. The van der Waals surface area contributed by atoms with Gasteiger partial charge in [-0.25, -0.2) is 0 Å². The monoisotopic (exact) mass is 242 g/mol. The van der Waals surface area contributed by atoms with Gasteiger partial charge in [-0.2, -0.15) is 9.64 Å². The molecule has 1 heterocycles. The molecular formula is C10H14N2OS2. The number of ether oxygens (including phenoxy) is 1. The van der Waals surface area contributed by atoms with Crippen LogP contribution in [-0.2, 0) is 0 Å². The van der Waals surface area contributed by atoms with Crippen molar-refractivity contribution in [1.82, 2.24) is 4.37 Å². The predicted molar refractivity (Wildman–Crippen MR) is 63.6 cm³/mol. The van der Waals surface area contributed by atoms with E-state index < -0.39 is 0 Å². The second kappa shape index (κ2) is 5.99. The van der Waals surface area contributed by atoms with Crippen molar-refractivity contribution in [3.63, 3.8) is 0 Å². The van der Waals surface area contributed by atoms with Crippen molar-refractivity contribution < 1.29 is 4.74 Å². The van der Waals surface area contributed by atoms with E-state index in [0.717, 1.165) is 16.4 Å². The van der Waals surface area contributed by atoms with Crippen LogP contribution in [-0.4, -0.2) is 16.2 Å². The molecule has 15 heavy (non-hydrogen) atoms. The summed E-state index contributed by atoms with van der Waals surface area (Å²) in [6.45, 7) is 5.98. The topological polar surface area (TPSA) is 45.9 Å². The van der Waals surface area contributed by atoms with E-state index in [1.54, 1.807) is 11.8 Å². The third kappa shape index (κ3) is 3.40. The molecule has 0 aliphatic heterocycles. The number of hydrogen-bond acceptors (Lipinski definition) is 5. The fraction of sp³-hybridized carbons (Fsp3) is 0.600. The predicted octanol–water partition coefficient (Wildman–Crippen LogP) is 3.30. The lowest BCUT2D eigenvalue weighted by molar-refractivity contribution is 0.234. The third-order valence-corrected chi connectivity index (χ3v) is 3.81. The summed E-state index contributed by atoms with van der Waals surface area (Å²) in [7, 11) is 0. The molecule has 0 aliphatic rings. The van der Waals surface area contributed by atoms with Crippen LogP contribution in [0.3, 0.4) is 0 Å². The first-order valence-corrected chi connectivity index (χ1v) is 6.64. The van der Waals surface area contributed by atoms with E-state index in [-0.39, 0.29) is 6.10 Å². The first-order valence-electron chi connectivity index (χ1n) is 4.88. The van der Waals surface area contributed by atoms with Crippen LogP contribution in [0.4, 0.5) is 0 Å². The van der Waals surface area contributed by atoms with E-state index in [1.165, 1.54) is 11.5 Å². The molecule has 0 atom stereocenters. The van der Waals surface area contributed by atoms with Gasteiger partial charge in [-0.3, -0.25) is 0 Å². The van der Waals surface area contributed by atoms with Gasteiger partial charge in [-0.05, 0) is 37.6 Å². The Morgan fingerprint density at radius 2 is 2.33 bits per heavy atom. The van der Waals surface area contributed by atoms with E-state index >= 15 is 0 Å². The van der Waals surface area contributed by atoms with Crippen LogP contribution in [0.25, 0.3) is 0 Å². The van der Waals surface area contributed by atoms with E-state index in [9.17, 15) is 0 Å². The van der Waals surface area contributed by atoms with Gasteiger partial charge >= 0.3 is 0 Å². The largest absolute Gasteiger partial charge is 0.473 e. The van der Waals surface area contributed by atoms with Gasteiger partial charge in [-0.15, -0.1) is 11.8 Å². The summed E-state index contributed by atoms with van der Waals surface area (Å²) in [6, 6.07) is 2.16. The van der Waals surface area contributed by atoms with E-state index in [0.29, 0.717) is 11.4 Å². The van der Waals surface area contributed by atoms with Gasteiger partial charge in [0.15, 0.2) is 0 Å². The maximum Gasteiger partial charge on any atom is 0.244 e. The molecule has 0 saturated carbocycles. The highest BCUT2D eigenvalue weighted by Gasteiger charge is 2.15. The second-order valence-corrected chi connectivity index (χ2v) is 5.41. The van der Waals surface area contributed by atoms with Crippen molar-refractivity contribution in [2.75, 3.05) is 5.75 Å². The Morgan fingerprint density at radius 3 is 2.87 bits per heavy atom. The summed E-state index contributed by atoms with van der Waals surface area (Å²) in [5, 5.41) is 9.02. The molecule has 0 aliphatic carbocycles. The highest BCUT2D eigenvalue weighted by molar-refractivity contribution is 8.01. The number of nitrogens with zero attached hydrogens (tertiary/aromatic N) is 2. The fourth-order valence-electron chi connectivity index (χ4n) is 0.952. The Bertz CT molecular complexity index is 355. The molecule has 1 aromatic heterocycles. The second-order valence-electron chi connectivity index (χ2n) is 3.28. The molecule has 0 radical (unpaired) electrons. The molecule has 3 nitrogen and oxygen atoms in total. The van der Waals surface area contributed by atoms with E-state index in [4.69, 9.17) is 10.00 Å². The Labute approximate surface area is 98.6 Å². The fourth-order valence-corrected chi connectivity index (χ4v) is 2.72. The number of aromatic nitrogens is 1. The summed E-state index contributed by atoms with van der Waals surface area (Å²) >= 11 is 3.02. The Kier molecular flexibility index (Phi) is 4.92. The summed E-state index contributed by atoms with van der Waals surface area (Å²) in [4.78, 5) is 0. The Morgan fingerprint density at radius 1 is 1.60 bits per heavy atom. The summed E-state index contributed by atoms with van der Waals surface area (Å²) in [5.41, 5.74) is 0.590. The van der Waals surface area contributed by atoms with Gasteiger partial charge in [0, 0.05) is 0 Å². The quantitative estimate of drug-likeness (QED) is 0.743. The molecule has 1 rings (SSSR count). The van der Waals surface area contributed by atoms with Gasteiger partial charge in [0.05, 0.1) is 6.10 Å². The lowest BCUT2D eigenvalue weighted by atomic mass is 10.4. The SMILES string of the molecule is CCCSc1snc(OC(C)C)c1C#N. The number of nitriles is 1. The summed E-state index contributed by atoms with van der Waals surface area (Å²) in [5.74, 6) is 1.49. The molecule has 0 aromatic carbocycles. The smallest absolute Gasteiger partial charge is 0.244 e. The molecular weight excluding hydrogens is 228 g/mol. The van der Waals surface area contributed by atoms with E-state index in [1.807, 2.05) is 13.8 Å². The lowest BCUT2D eigenvalue weighted by Crippen LogP contribution is -2.06. The molecule has 0 N–H and O–H groups in total.